The van der Waals surface area contributed by atoms with E-state index in [2.05, 4.69) is 16.9 Å². The molecule has 5 heteroatoms. The number of aryl methyl sites for hydroxylation is 1. The third-order valence-electron chi connectivity index (χ3n) is 3.37. The van der Waals surface area contributed by atoms with Crippen molar-refractivity contribution in [1.29, 1.82) is 0 Å². The minimum Gasteiger partial charge on any atom is -0.464 e. The van der Waals surface area contributed by atoms with E-state index in [9.17, 15) is 0 Å². The molecule has 3 aromatic rings. The number of anilines is 1. The van der Waals surface area contributed by atoms with Crippen LogP contribution in [0, 0.1) is 6.92 Å². The van der Waals surface area contributed by atoms with Gasteiger partial charge >= 0.3 is 0 Å². The minimum atomic E-state index is 0.0424. The smallest absolute Gasteiger partial charge is 0.132 e. The molecule has 0 bridgehead atoms. The van der Waals surface area contributed by atoms with Gasteiger partial charge in [-0.25, -0.2) is 9.97 Å². The molecule has 2 N–H and O–H groups in total. The van der Waals surface area contributed by atoms with Gasteiger partial charge in [0.15, 0.2) is 0 Å². The maximum atomic E-state index is 5.95. The number of pyridine rings is 1. The largest absolute Gasteiger partial charge is 0.464 e. The average molecular weight is 268 g/mol. The third kappa shape index (κ3) is 2.07. The van der Waals surface area contributed by atoms with Crippen molar-refractivity contribution in [3.63, 3.8) is 0 Å². The van der Waals surface area contributed by atoms with Crippen molar-refractivity contribution in [3.05, 3.63) is 54.5 Å². The number of furan rings is 1. The molecule has 0 amide bonds. The first kappa shape index (κ1) is 12.5. The summed E-state index contributed by atoms with van der Waals surface area (Å²) in [6.45, 7) is 4.00. The van der Waals surface area contributed by atoms with Crippen LogP contribution in [0.25, 0.3) is 11.3 Å². The molecule has 102 valence electrons. The lowest BCUT2D eigenvalue weighted by atomic mass is 10.1. The molecule has 0 spiro atoms. The summed E-state index contributed by atoms with van der Waals surface area (Å²) in [6, 6.07) is 7.79. The van der Waals surface area contributed by atoms with Gasteiger partial charge in [-0.3, -0.25) is 0 Å². The highest BCUT2D eigenvalue weighted by Crippen LogP contribution is 2.29. The minimum absolute atomic E-state index is 0.0424. The van der Waals surface area contributed by atoms with Crippen LogP contribution in [0.4, 0.5) is 5.82 Å². The van der Waals surface area contributed by atoms with Crippen LogP contribution in [0.3, 0.4) is 0 Å². The molecule has 3 rings (SSSR count). The zero-order valence-corrected chi connectivity index (χ0v) is 11.4. The summed E-state index contributed by atoms with van der Waals surface area (Å²) in [4.78, 5) is 8.36. The maximum Gasteiger partial charge on any atom is 0.132 e. The number of hydrogen-bond acceptors (Lipinski definition) is 4. The Morgan fingerprint density at radius 3 is 2.85 bits per heavy atom. The Bertz CT molecular complexity index is 729. The molecule has 5 nitrogen and oxygen atoms in total. The van der Waals surface area contributed by atoms with E-state index in [1.807, 2.05) is 35.8 Å². The van der Waals surface area contributed by atoms with Gasteiger partial charge in [-0.1, -0.05) is 0 Å². The Hall–Kier alpha value is -2.56. The SMILES string of the molecule is Cc1ccc(C(C)n2cncc2-c2cccnc2N)o1. The monoisotopic (exact) mass is 268 g/mol. The second kappa shape index (κ2) is 4.85. The van der Waals surface area contributed by atoms with Crippen molar-refractivity contribution in [2.75, 3.05) is 5.73 Å². The van der Waals surface area contributed by atoms with Gasteiger partial charge in [0.25, 0.3) is 0 Å². The second-order valence-corrected chi connectivity index (χ2v) is 4.75. The molecule has 0 saturated carbocycles. The van der Waals surface area contributed by atoms with Gasteiger partial charge in [-0.05, 0) is 38.1 Å². The molecule has 0 aliphatic rings. The van der Waals surface area contributed by atoms with Crippen molar-refractivity contribution in [2.24, 2.45) is 0 Å². The molecule has 0 radical (unpaired) electrons. The van der Waals surface area contributed by atoms with Crippen LogP contribution in [0.2, 0.25) is 0 Å². The molecule has 1 atom stereocenters. The lowest BCUT2D eigenvalue weighted by Gasteiger charge is -2.15. The van der Waals surface area contributed by atoms with Crippen molar-refractivity contribution >= 4 is 5.82 Å². The summed E-state index contributed by atoms with van der Waals surface area (Å²) in [7, 11) is 0. The Morgan fingerprint density at radius 2 is 2.15 bits per heavy atom. The summed E-state index contributed by atoms with van der Waals surface area (Å²) in [5.74, 6) is 2.29. The molecule has 1 unspecified atom stereocenters. The van der Waals surface area contributed by atoms with Gasteiger partial charge in [0.05, 0.1) is 24.3 Å². The first-order chi connectivity index (χ1) is 9.66. The van der Waals surface area contributed by atoms with Crippen LogP contribution in [0.5, 0.6) is 0 Å². The summed E-state index contributed by atoms with van der Waals surface area (Å²) in [5, 5.41) is 0. The Morgan fingerprint density at radius 1 is 1.30 bits per heavy atom. The van der Waals surface area contributed by atoms with Crippen LogP contribution < -0.4 is 5.73 Å². The van der Waals surface area contributed by atoms with Gasteiger partial charge in [0.2, 0.25) is 0 Å². The van der Waals surface area contributed by atoms with E-state index >= 15 is 0 Å². The fraction of sp³-hybridized carbons (Fsp3) is 0.200. The number of nitrogen functional groups attached to an aromatic ring is 1. The number of aromatic nitrogens is 3. The molecule has 0 aliphatic heterocycles. The Kier molecular flexibility index (Phi) is 3.02. The standard InChI is InChI=1S/C15H16N4O/c1-10-5-6-14(20-10)11(2)19-9-17-8-13(19)12-4-3-7-18-15(12)16/h3-9,11H,1-2H3,(H2,16,18). The van der Waals surface area contributed by atoms with E-state index < -0.39 is 0 Å². The van der Waals surface area contributed by atoms with E-state index in [1.54, 1.807) is 18.7 Å². The fourth-order valence-electron chi connectivity index (χ4n) is 2.27. The predicted octanol–water partition coefficient (Wildman–Crippen LogP) is 3.04. The lowest BCUT2D eigenvalue weighted by Crippen LogP contribution is -2.07. The molecule has 0 aromatic carbocycles. The topological polar surface area (TPSA) is 69.9 Å². The lowest BCUT2D eigenvalue weighted by molar-refractivity contribution is 0.430. The number of hydrogen-bond donors (Lipinski definition) is 1. The van der Waals surface area contributed by atoms with Gasteiger partial charge in [0.1, 0.15) is 17.3 Å². The second-order valence-electron chi connectivity index (χ2n) is 4.75. The van der Waals surface area contributed by atoms with Crippen LogP contribution in [0.15, 0.2) is 47.4 Å². The van der Waals surface area contributed by atoms with Gasteiger partial charge in [-0.2, -0.15) is 0 Å². The van der Waals surface area contributed by atoms with Crippen LogP contribution in [-0.2, 0) is 0 Å². The molecule has 3 aromatic heterocycles. The molecular weight excluding hydrogens is 252 g/mol. The number of imidazole rings is 1. The summed E-state index contributed by atoms with van der Waals surface area (Å²) < 4.78 is 7.73. The van der Waals surface area contributed by atoms with Crippen LogP contribution >= 0.6 is 0 Å². The van der Waals surface area contributed by atoms with E-state index in [4.69, 9.17) is 10.2 Å². The first-order valence-electron chi connectivity index (χ1n) is 6.46. The van der Waals surface area contributed by atoms with E-state index in [0.29, 0.717) is 5.82 Å². The van der Waals surface area contributed by atoms with Crippen molar-refractivity contribution in [3.8, 4) is 11.3 Å². The van der Waals surface area contributed by atoms with E-state index in [-0.39, 0.29) is 6.04 Å². The molecule has 20 heavy (non-hydrogen) atoms. The normalized spacial score (nSPS) is 12.5. The first-order valence-corrected chi connectivity index (χ1v) is 6.46. The van der Waals surface area contributed by atoms with Crippen molar-refractivity contribution < 1.29 is 4.42 Å². The average Bonchev–Trinajstić information content (AvgIpc) is 3.07. The zero-order valence-electron chi connectivity index (χ0n) is 11.4. The van der Waals surface area contributed by atoms with Gasteiger partial charge in [-0.15, -0.1) is 0 Å². The summed E-state index contributed by atoms with van der Waals surface area (Å²) in [5.41, 5.74) is 7.75. The summed E-state index contributed by atoms with van der Waals surface area (Å²) >= 11 is 0. The van der Waals surface area contributed by atoms with E-state index in [1.165, 1.54) is 0 Å². The number of nitrogens with zero attached hydrogens (tertiary/aromatic N) is 3. The highest BCUT2D eigenvalue weighted by Gasteiger charge is 2.17. The zero-order chi connectivity index (χ0) is 14.1. The molecule has 3 heterocycles. The van der Waals surface area contributed by atoms with Crippen LogP contribution in [0.1, 0.15) is 24.5 Å². The summed E-state index contributed by atoms with van der Waals surface area (Å²) in [6.07, 6.45) is 5.25. The van der Waals surface area contributed by atoms with Crippen molar-refractivity contribution in [2.45, 2.75) is 19.9 Å². The molecule has 0 aliphatic carbocycles. The number of nitrogens with two attached hydrogens (primary N) is 1. The Labute approximate surface area is 117 Å². The quantitative estimate of drug-likeness (QED) is 0.792. The fourth-order valence-corrected chi connectivity index (χ4v) is 2.27. The number of rotatable bonds is 3. The van der Waals surface area contributed by atoms with Gasteiger partial charge in [0, 0.05) is 11.8 Å². The highest BCUT2D eigenvalue weighted by atomic mass is 16.3. The molecular formula is C15H16N4O. The van der Waals surface area contributed by atoms with Crippen LogP contribution in [-0.4, -0.2) is 14.5 Å². The van der Waals surface area contributed by atoms with Crippen molar-refractivity contribution in [1.82, 2.24) is 14.5 Å². The maximum absolute atomic E-state index is 5.95. The van der Waals surface area contributed by atoms with E-state index in [0.717, 1.165) is 22.8 Å². The highest BCUT2D eigenvalue weighted by molar-refractivity contribution is 5.70. The molecule has 0 fully saturated rings. The predicted molar refractivity (Wildman–Crippen MR) is 77.1 cm³/mol. The third-order valence-corrected chi connectivity index (χ3v) is 3.37. The molecule has 0 saturated heterocycles. The van der Waals surface area contributed by atoms with Gasteiger partial charge < -0.3 is 14.7 Å². The Balaban J connectivity index is 2.05.